The van der Waals surface area contributed by atoms with Crippen LogP contribution < -0.4 is 15.0 Å². The third-order valence-electron chi connectivity index (χ3n) is 6.73. The minimum absolute atomic E-state index is 0.353. The van der Waals surface area contributed by atoms with Gasteiger partial charge < -0.3 is 19.5 Å². The molecule has 0 radical (unpaired) electrons. The van der Waals surface area contributed by atoms with Gasteiger partial charge in [0.05, 0.1) is 17.3 Å². The van der Waals surface area contributed by atoms with Crippen LogP contribution in [0.2, 0.25) is 0 Å². The number of ether oxygens (including phenoxy) is 1. The Kier molecular flexibility index (Phi) is 6.73. The maximum Gasteiger partial charge on any atom is 0.416 e. The molecule has 1 fully saturated rings. The highest BCUT2D eigenvalue weighted by Gasteiger charge is 2.42. The third kappa shape index (κ3) is 5.03. The lowest BCUT2D eigenvalue weighted by Gasteiger charge is -2.29. The number of hydrogen-bond donors (Lipinski definition) is 1. The third-order valence-corrected chi connectivity index (χ3v) is 7.04. The molecular weight excluding hydrogens is 533 g/mol. The normalized spacial score (nSPS) is 17.1. The molecule has 1 saturated heterocycles. The molecule has 1 N–H and O–H groups in total. The molecule has 0 spiro atoms. The molecule has 0 saturated carbocycles. The van der Waals surface area contributed by atoms with Gasteiger partial charge in [-0.25, -0.2) is 0 Å². The number of aromatic nitrogens is 2. The highest BCUT2D eigenvalue weighted by molar-refractivity contribution is 7.80. The summed E-state index contributed by atoms with van der Waals surface area (Å²) in [4.78, 5) is 6.54. The van der Waals surface area contributed by atoms with Gasteiger partial charge in [-0.2, -0.15) is 13.2 Å². The number of halogens is 3. The van der Waals surface area contributed by atoms with Gasteiger partial charge >= 0.3 is 6.18 Å². The van der Waals surface area contributed by atoms with Crippen molar-refractivity contribution < 1.29 is 17.9 Å². The van der Waals surface area contributed by atoms with E-state index in [0.29, 0.717) is 16.5 Å². The Morgan fingerprint density at radius 1 is 0.775 bits per heavy atom. The standard InChI is InChI=1S/C31H23F3N4OS/c32-31(33,34)21-8-6-9-23(20-21)37-19-7-13-27(37)29-28(26-12-4-5-18-35-26)36-30(40)38(29)22-14-16-25(17-15-22)39-24-10-2-1-3-11-24/h1-20,28-29H,(H,36,40)/t28-,29-/m1/s1. The molecule has 2 aromatic heterocycles. The second-order valence-corrected chi connectivity index (χ2v) is 9.64. The fourth-order valence-electron chi connectivity index (χ4n) is 4.94. The molecule has 5 nitrogen and oxygen atoms in total. The quantitative estimate of drug-likeness (QED) is 0.216. The van der Waals surface area contributed by atoms with E-state index in [9.17, 15) is 13.2 Å². The van der Waals surface area contributed by atoms with E-state index in [1.165, 1.54) is 6.07 Å². The van der Waals surface area contributed by atoms with Gasteiger partial charge in [-0.15, -0.1) is 0 Å². The van der Waals surface area contributed by atoms with Crippen LogP contribution in [0.3, 0.4) is 0 Å². The van der Waals surface area contributed by atoms with Crippen LogP contribution in [0, 0.1) is 0 Å². The Morgan fingerprint density at radius 2 is 1.52 bits per heavy atom. The molecule has 200 valence electrons. The Hall–Kier alpha value is -4.63. The summed E-state index contributed by atoms with van der Waals surface area (Å²) in [5.74, 6) is 1.39. The molecular formula is C31H23F3N4OS. The van der Waals surface area contributed by atoms with Crippen LogP contribution in [0.5, 0.6) is 11.5 Å². The van der Waals surface area contributed by atoms with Crippen molar-refractivity contribution in [3.05, 3.63) is 139 Å². The first-order valence-electron chi connectivity index (χ1n) is 12.6. The maximum absolute atomic E-state index is 13.5. The number of para-hydroxylation sites is 1. The van der Waals surface area contributed by atoms with Crippen molar-refractivity contribution in [1.29, 1.82) is 0 Å². The average molecular weight is 557 g/mol. The number of hydrogen-bond acceptors (Lipinski definition) is 3. The molecule has 0 bridgehead atoms. The van der Waals surface area contributed by atoms with Gasteiger partial charge in [0.2, 0.25) is 0 Å². The number of benzene rings is 3. The van der Waals surface area contributed by atoms with Crippen LogP contribution in [0.15, 0.2) is 122 Å². The Bertz CT molecular complexity index is 1620. The zero-order valence-electron chi connectivity index (χ0n) is 21.0. The molecule has 0 aliphatic carbocycles. The van der Waals surface area contributed by atoms with E-state index in [-0.39, 0.29) is 6.04 Å². The van der Waals surface area contributed by atoms with E-state index in [2.05, 4.69) is 10.3 Å². The molecule has 1 aliphatic rings. The highest BCUT2D eigenvalue weighted by atomic mass is 32.1. The van der Waals surface area contributed by atoms with Gasteiger partial charge in [-0.3, -0.25) is 4.98 Å². The predicted octanol–water partition coefficient (Wildman–Crippen LogP) is 7.86. The Balaban J connectivity index is 1.41. The van der Waals surface area contributed by atoms with Crippen molar-refractivity contribution in [2.75, 3.05) is 4.90 Å². The van der Waals surface area contributed by atoms with Gasteiger partial charge in [0.25, 0.3) is 0 Å². The SMILES string of the molecule is FC(F)(F)c1cccc(-n2cccc2[C@@H]2[C@@H](c3ccccn3)NC(=S)N2c2ccc(Oc3ccccc3)cc2)c1. The first-order chi connectivity index (χ1) is 19.4. The lowest BCUT2D eigenvalue weighted by atomic mass is 10.0. The monoisotopic (exact) mass is 556 g/mol. The molecule has 2 atom stereocenters. The number of rotatable bonds is 6. The zero-order valence-corrected chi connectivity index (χ0v) is 21.8. The first kappa shape index (κ1) is 25.6. The van der Waals surface area contributed by atoms with Gasteiger partial charge in [-0.1, -0.05) is 30.3 Å². The lowest BCUT2D eigenvalue weighted by molar-refractivity contribution is -0.137. The summed E-state index contributed by atoms with van der Waals surface area (Å²) >= 11 is 5.82. The van der Waals surface area contributed by atoms with Gasteiger partial charge in [0, 0.05) is 29.5 Å². The summed E-state index contributed by atoms with van der Waals surface area (Å²) in [6.45, 7) is 0. The molecule has 0 unspecified atom stereocenters. The van der Waals surface area contributed by atoms with Crippen LogP contribution in [-0.2, 0) is 6.18 Å². The van der Waals surface area contributed by atoms with E-state index in [1.807, 2.05) is 89.8 Å². The summed E-state index contributed by atoms with van der Waals surface area (Å²) in [5.41, 5.74) is 2.01. The number of nitrogens with zero attached hydrogens (tertiary/aromatic N) is 3. The summed E-state index contributed by atoms with van der Waals surface area (Å²) in [6.07, 6.45) is -0.982. The van der Waals surface area contributed by atoms with E-state index in [4.69, 9.17) is 17.0 Å². The summed E-state index contributed by atoms with van der Waals surface area (Å²) in [5, 5.41) is 3.88. The van der Waals surface area contributed by atoms with Crippen molar-refractivity contribution in [2.24, 2.45) is 0 Å². The number of anilines is 1. The van der Waals surface area contributed by atoms with Crippen LogP contribution in [0.25, 0.3) is 5.69 Å². The van der Waals surface area contributed by atoms with Crippen LogP contribution in [-0.4, -0.2) is 14.7 Å². The van der Waals surface area contributed by atoms with Gasteiger partial charge in [0.15, 0.2) is 5.11 Å². The van der Waals surface area contributed by atoms with E-state index in [0.717, 1.165) is 35.0 Å². The summed E-state index contributed by atoms with van der Waals surface area (Å²) in [6, 6.07) is 30.9. The summed E-state index contributed by atoms with van der Waals surface area (Å²) < 4.78 is 48.3. The molecule has 3 heterocycles. The average Bonchev–Trinajstić information content (AvgIpc) is 3.59. The predicted molar refractivity (Wildman–Crippen MR) is 152 cm³/mol. The number of alkyl halides is 3. The van der Waals surface area contributed by atoms with Crippen LogP contribution in [0.1, 0.15) is 29.0 Å². The highest BCUT2D eigenvalue weighted by Crippen LogP contribution is 2.43. The fourth-order valence-corrected chi connectivity index (χ4v) is 5.28. The van der Waals surface area contributed by atoms with Crippen molar-refractivity contribution in [1.82, 2.24) is 14.9 Å². The molecule has 9 heteroatoms. The van der Waals surface area contributed by atoms with E-state index in [1.54, 1.807) is 23.0 Å². The number of pyridine rings is 1. The van der Waals surface area contributed by atoms with Crippen molar-refractivity contribution >= 4 is 23.0 Å². The van der Waals surface area contributed by atoms with Gasteiger partial charge in [0.1, 0.15) is 17.5 Å². The molecule has 6 rings (SSSR count). The molecule has 40 heavy (non-hydrogen) atoms. The molecule has 5 aromatic rings. The minimum Gasteiger partial charge on any atom is -0.457 e. The lowest BCUT2D eigenvalue weighted by Crippen LogP contribution is -2.30. The largest absolute Gasteiger partial charge is 0.457 e. The second kappa shape index (κ2) is 10.5. The van der Waals surface area contributed by atoms with Crippen molar-refractivity contribution in [3.63, 3.8) is 0 Å². The van der Waals surface area contributed by atoms with Crippen molar-refractivity contribution in [2.45, 2.75) is 18.3 Å². The van der Waals surface area contributed by atoms with E-state index < -0.39 is 17.8 Å². The maximum atomic E-state index is 13.5. The fraction of sp³-hybridized carbons (Fsp3) is 0.0968. The molecule has 3 aromatic carbocycles. The Labute approximate surface area is 234 Å². The molecule has 1 aliphatic heterocycles. The number of nitrogens with one attached hydrogen (secondary N) is 1. The van der Waals surface area contributed by atoms with Gasteiger partial charge in [-0.05, 0) is 91.1 Å². The second-order valence-electron chi connectivity index (χ2n) is 9.26. The smallest absolute Gasteiger partial charge is 0.416 e. The number of thiocarbonyl (C=S) groups is 1. The zero-order chi connectivity index (χ0) is 27.7. The minimum atomic E-state index is -4.45. The van der Waals surface area contributed by atoms with Crippen molar-refractivity contribution in [3.8, 4) is 17.2 Å². The summed E-state index contributed by atoms with van der Waals surface area (Å²) in [7, 11) is 0. The first-order valence-corrected chi connectivity index (χ1v) is 13.0. The topological polar surface area (TPSA) is 42.3 Å². The Morgan fingerprint density at radius 3 is 2.25 bits per heavy atom. The van der Waals surface area contributed by atoms with Crippen LogP contribution in [0.4, 0.5) is 18.9 Å². The molecule has 0 amide bonds. The van der Waals surface area contributed by atoms with E-state index >= 15 is 0 Å². The van der Waals surface area contributed by atoms with Crippen LogP contribution >= 0.6 is 12.2 Å².